The molecule has 3 rings (SSSR count). The van der Waals surface area contributed by atoms with E-state index in [-0.39, 0.29) is 5.82 Å². The summed E-state index contributed by atoms with van der Waals surface area (Å²) in [6.07, 6.45) is 2.50. The number of amides is 1. The number of halogens is 1. The molecular weight excluding hydrogens is 431 g/mol. The van der Waals surface area contributed by atoms with Gasteiger partial charge in [-0.05, 0) is 51.1 Å². The van der Waals surface area contributed by atoms with Crippen molar-refractivity contribution in [2.45, 2.75) is 20.8 Å². The van der Waals surface area contributed by atoms with Crippen LogP contribution in [0.3, 0.4) is 0 Å². The van der Waals surface area contributed by atoms with Crippen molar-refractivity contribution in [1.29, 1.82) is 0 Å². The number of aryl methyl sites for hydroxylation is 2. The smallest absolute Gasteiger partial charge is 0.260 e. The molecule has 0 aliphatic rings. The van der Waals surface area contributed by atoms with Gasteiger partial charge in [0.15, 0.2) is 0 Å². The molecule has 1 amide bonds. The fourth-order valence-corrected chi connectivity index (χ4v) is 4.23. The van der Waals surface area contributed by atoms with Crippen LogP contribution in [0.25, 0.3) is 5.69 Å². The van der Waals surface area contributed by atoms with Crippen LogP contribution in [-0.4, -0.2) is 37.9 Å². The van der Waals surface area contributed by atoms with Gasteiger partial charge in [-0.1, -0.05) is 29.8 Å². The van der Waals surface area contributed by atoms with Crippen molar-refractivity contribution in [2.24, 2.45) is 5.10 Å². The zero-order valence-electron chi connectivity index (χ0n) is 18.3. The van der Waals surface area contributed by atoms with Crippen LogP contribution in [0.15, 0.2) is 59.7 Å². The third-order valence-corrected chi connectivity index (χ3v) is 6.11. The van der Waals surface area contributed by atoms with E-state index in [1.54, 1.807) is 47.0 Å². The van der Waals surface area contributed by atoms with Crippen molar-refractivity contribution in [1.82, 2.24) is 9.99 Å². The average Bonchev–Trinajstić information content (AvgIpc) is 3.00. The Kier molecular flexibility index (Phi) is 6.78. The second kappa shape index (κ2) is 9.35. The molecule has 3 aromatic rings. The molecule has 2 aromatic carbocycles. The number of rotatable bonds is 7. The van der Waals surface area contributed by atoms with Crippen molar-refractivity contribution in [3.63, 3.8) is 0 Å². The number of anilines is 1. The maximum absolute atomic E-state index is 14.2. The molecule has 0 unspecified atom stereocenters. The van der Waals surface area contributed by atoms with E-state index in [1.807, 2.05) is 26.8 Å². The van der Waals surface area contributed by atoms with Gasteiger partial charge in [-0.15, -0.1) is 0 Å². The summed E-state index contributed by atoms with van der Waals surface area (Å²) in [5, 5.41) is 3.96. The highest BCUT2D eigenvalue weighted by Gasteiger charge is 2.20. The molecule has 7 nitrogen and oxygen atoms in total. The highest BCUT2D eigenvalue weighted by atomic mass is 32.2. The molecule has 0 aliphatic heterocycles. The fourth-order valence-electron chi connectivity index (χ4n) is 3.37. The molecule has 1 N–H and O–H groups in total. The van der Waals surface area contributed by atoms with Crippen molar-refractivity contribution < 1.29 is 17.6 Å². The largest absolute Gasteiger partial charge is 0.315 e. The molecule has 0 spiro atoms. The monoisotopic (exact) mass is 456 g/mol. The van der Waals surface area contributed by atoms with Gasteiger partial charge in [0.05, 0.1) is 23.8 Å². The third-order valence-electron chi connectivity index (χ3n) is 4.97. The number of nitrogens with one attached hydrogen (secondary N) is 1. The first kappa shape index (κ1) is 23.2. The number of hydrogen-bond acceptors (Lipinski definition) is 4. The lowest BCUT2D eigenvalue weighted by molar-refractivity contribution is -0.119. The predicted octanol–water partition coefficient (Wildman–Crippen LogP) is 3.46. The van der Waals surface area contributed by atoms with Gasteiger partial charge in [-0.3, -0.25) is 9.10 Å². The zero-order chi connectivity index (χ0) is 23.5. The van der Waals surface area contributed by atoms with Crippen molar-refractivity contribution in [2.75, 3.05) is 17.1 Å². The van der Waals surface area contributed by atoms with Crippen LogP contribution in [0.2, 0.25) is 0 Å². The summed E-state index contributed by atoms with van der Waals surface area (Å²) in [5.41, 5.74) is 6.42. The predicted molar refractivity (Wildman–Crippen MR) is 124 cm³/mol. The van der Waals surface area contributed by atoms with Crippen LogP contribution < -0.4 is 9.73 Å². The topological polar surface area (TPSA) is 83.8 Å². The van der Waals surface area contributed by atoms with Crippen LogP contribution in [0.1, 0.15) is 22.5 Å². The van der Waals surface area contributed by atoms with Crippen molar-refractivity contribution >= 4 is 27.8 Å². The molecule has 9 heteroatoms. The van der Waals surface area contributed by atoms with E-state index in [0.29, 0.717) is 16.9 Å². The molecule has 1 aromatic heterocycles. The SMILES string of the molecule is Cc1ccc(N(CC(=O)N/N=C\c2cc(C)n(-c3ccccc3F)c2C)S(C)(=O)=O)cc1. The Balaban J connectivity index is 1.74. The highest BCUT2D eigenvalue weighted by molar-refractivity contribution is 7.92. The second-order valence-corrected chi connectivity index (χ2v) is 9.42. The number of para-hydroxylation sites is 1. The Labute approximate surface area is 187 Å². The van der Waals surface area contributed by atoms with E-state index in [4.69, 9.17) is 0 Å². The maximum Gasteiger partial charge on any atom is 0.260 e. The molecular formula is C23H25FN4O3S. The molecule has 0 saturated heterocycles. The molecule has 0 bridgehead atoms. The lowest BCUT2D eigenvalue weighted by Gasteiger charge is -2.21. The summed E-state index contributed by atoms with van der Waals surface area (Å²) in [4.78, 5) is 12.4. The molecule has 0 atom stereocenters. The number of sulfonamides is 1. The normalized spacial score (nSPS) is 11.7. The van der Waals surface area contributed by atoms with Crippen LogP contribution in [0, 0.1) is 26.6 Å². The Hall–Kier alpha value is -3.46. The van der Waals surface area contributed by atoms with Gasteiger partial charge in [0.1, 0.15) is 12.4 Å². The van der Waals surface area contributed by atoms with E-state index >= 15 is 0 Å². The van der Waals surface area contributed by atoms with Crippen LogP contribution >= 0.6 is 0 Å². The molecule has 0 radical (unpaired) electrons. The Morgan fingerprint density at radius 1 is 1.12 bits per heavy atom. The van der Waals surface area contributed by atoms with Gasteiger partial charge < -0.3 is 4.57 Å². The fraction of sp³-hybridized carbons (Fsp3) is 0.217. The molecule has 168 valence electrons. The zero-order valence-corrected chi connectivity index (χ0v) is 19.1. The summed E-state index contributed by atoms with van der Waals surface area (Å²) in [5.74, 6) is -0.932. The Morgan fingerprint density at radius 3 is 2.41 bits per heavy atom. The summed E-state index contributed by atoms with van der Waals surface area (Å²) in [7, 11) is -3.67. The Morgan fingerprint density at radius 2 is 1.78 bits per heavy atom. The maximum atomic E-state index is 14.2. The van der Waals surface area contributed by atoms with E-state index in [1.165, 1.54) is 12.3 Å². The van der Waals surface area contributed by atoms with Crippen LogP contribution in [0.5, 0.6) is 0 Å². The van der Waals surface area contributed by atoms with Gasteiger partial charge in [0.25, 0.3) is 5.91 Å². The van der Waals surface area contributed by atoms with Gasteiger partial charge >= 0.3 is 0 Å². The summed E-state index contributed by atoms with van der Waals surface area (Å²) >= 11 is 0. The molecule has 32 heavy (non-hydrogen) atoms. The first-order valence-corrected chi connectivity index (χ1v) is 11.7. The molecule has 0 aliphatic carbocycles. The van der Waals surface area contributed by atoms with E-state index in [0.717, 1.165) is 27.5 Å². The quantitative estimate of drug-likeness (QED) is 0.437. The van der Waals surface area contributed by atoms with Crippen LogP contribution in [-0.2, 0) is 14.8 Å². The minimum Gasteiger partial charge on any atom is -0.315 e. The molecule has 1 heterocycles. The van der Waals surface area contributed by atoms with Gasteiger partial charge in [-0.25, -0.2) is 18.2 Å². The van der Waals surface area contributed by atoms with E-state index in [9.17, 15) is 17.6 Å². The minimum absolute atomic E-state index is 0.344. The highest BCUT2D eigenvalue weighted by Crippen LogP contribution is 2.22. The summed E-state index contributed by atoms with van der Waals surface area (Å²) < 4.78 is 41.3. The number of carbonyl (C=O) groups excluding carboxylic acids is 1. The summed E-state index contributed by atoms with van der Waals surface area (Å²) in [6.45, 7) is 5.15. The first-order valence-electron chi connectivity index (χ1n) is 9.88. The Bertz CT molecular complexity index is 1260. The van der Waals surface area contributed by atoms with Crippen molar-refractivity contribution in [3.8, 4) is 5.69 Å². The third kappa shape index (κ3) is 5.23. The first-order chi connectivity index (χ1) is 15.1. The van der Waals surface area contributed by atoms with Crippen molar-refractivity contribution in [3.05, 3.63) is 82.9 Å². The van der Waals surface area contributed by atoms with Gasteiger partial charge in [0.2, 0.25) is 10.0 Å². The standard InChI is InChI=1S/C23H25FN4O3S/c1-16-9-11-20(12-10-16)27(32(4,30)31)15-23(29)26-25-14-19-13-17(2)28(18(19)3)22-8-6-5-7-21(22)24/h5-14H,15H2,1-4H3,(H,26,29)/b25-14-. The van der Waals surface area contributed by atoms with Gasteiger partial charge in [-0.2, -0.15) is 5.10 Å². The van der Waals surface area contributed by atoms with Crippen LogP contribution in [0.4, 0.5) is 10.1 Å². The van der Waals surface area contributed by atoms with E-state index < -0.39 is 22.5 Å². The molecule has 0 saturated carbocycles. The minimum atomic E-state index is -3.67. The average molecular weight is 457 g/mol. The molecule has 0 fully saturated rings. The number of hydrogen-bond donors (Lipinski definition) is 1. The lowest BCUT2D eigenvalue weighted by Crippen LogP contribution is -2.39. The lowest BCUT2D eigenvalue weighted by atomic mass is 10.2. The number of benzene rings is 2. The number of nitrogens with zero attached hydrogens (tertiary/aromatic N) is 3. The van der Waals surface area contributed by atoms with E-state index in [2.05, 4.69) is 10.5 Å². The second-order valence-electron chi connectivity index (χ2n) is 7.51. The number of hydrazone groups is 1. The summed E-state index contributed by atoms with van der Waals surface area (Å²) in [6, 6.07) is 15.1. The number of carbonyl (C=O) groups is 1. The number of aromatic nitrogens is 1. The van der Waals surface area contributed by atoms with Gasteiger partial charge in [0, 0.05) is 17.0 Å².